The molecule has 6 rings (SSSR count). The number of esters is 1. The van der Waals surface area contributed by atoms with Crippen molar-refractivity contribution in [2.24, 2.45) is 0 Å². The van der Waals surface area contributed by atoms with E-state index in [1.165, 1.54) is 29.5 Å². The standard InChI is InChI=1S/C42H58N4O5Si/c1-30(28-47)34-12-10-13-36-35(34)11-8-9-14-38(36)45-21-19-44(20-22-45)32-15-16-37(41(48)51-42(2,3)4)39(26-32)50-33-25-31-17-18-46(40(31)43-27-33)29-49-23-24-52(5,6)7/h10,12-13,15-18,25-27,30,38,47H,8-9,11,14,19-24,28-29H2,1-7H3. The predicted octanol–water partition coefficient (Wildman–Crippen LogP) is 8.78. The molecule has 52 heavy (non-hydrogen) atoms. The summed E-state index contributed by atoms with van der Waals surface area (Å²) in [4.78, 5) is 23.2. The lowest BCUT2D eigenvalue weighted by Crippen LogP contribution is -2.47. The van der Waals surface area contributed by atoms with Crippen molar-refractivity contribution >= 4 is 30.8 Å². The summed E-state index contributed by atoms with van der Waals surface area (Å²) in [6.07, 6.45) is 8.33. The average Bonchev–Trinajstić information content (AvgIpc) is 3.37. The number of aliphatic hydroxyl groups is 1. The zero-order valence-electron chi connectivity index (χ0n) is 32.3. The first-order valence-corrected chi connectivity index (χ1v) is 22.8. The highest BCUT2D eigenvalue weighted by Gasteiger charge is 2.30. The minimum Gasteiger partial charge on any atom is -0.456 e. The number of hydrogen-bond acceptors (Lipinski definition) is 8. The number of ether oxygens (including phenoxy) is 3. The van der Waals surface area contributed by atoms with E-state index in [1.807, 2.05) is 61.9 Å². The summed E-state index contributed by atoms with van der Waals surface area (Å²) in [6, 6.07) is 18.0. The van der Waals surface area contributed by atoms with Crippen molar-refractivity contribution in [2.45, 2.75) is 103 Å². The van der Waals surface area contributed by atoms with Gasteiger partial charge in [-0.1, -0.05) is 51.2 Å². The first-order chi connectivity index (χ1) is 24.8. The third kappa shape index (κ3) is 9.26. The van der Waals surface area contributed by atoms with Crippen LogP contribution in [-0.4, -0.2) is 78.6 Å². The van der Waals surface area contributed by atoms with E-state index >= 15 is 0 Å². The van der Waals surface area contributed by atoms with E-state index in [-0.39, 0.29) is 12.5 Å². The Morgan fingerprint density at radius 3 is 2.56 bits per heavy atom. The van der Waals surface area contributed by atoms with E-state index in [2.05, 4.69) is 54.6 Å². The van der Waals surface area contributed by atoms with Gasteiger partial charge in [-0.2, -0.15) is 0 Å². The molecule has 1 N–H and O–H groups in total. The Morgan fingerprint density at radius 1 is 1.04 bits per heavy atom. The molecular weight excluding hydrogens is 669 g/mol. The third-order valence-electron chi connectivity index (χ3n) is 10.3. The molecule has 1 aliphatic carbocycles. The summed E-state index contributed by atoms with van der Waals surface area (Å²) < 4.78 is 20.3. The van der Waals surface area contributed by atoms with Crippen LogP contribution in [0.15, 0.2) is 60.9 Å². The first-order valence-electron chi connectivity index (χ1n) is 19.1. The molecule has 1 fully saturated rings. The number of nitrogens with zero attached hydrogens (tertiary/aromatic N) is 4. The number of fused-ring (bicyclic) bond motifs is 2. The maximum absolute atomic E-state index is 13.4. The van der Waals surface area contributed by atoms with Crippen LogP contribution in [0.5, 0.6) is 11.5 Å². The Hall–Kier alpha value is -3.70. The summed E-state index contributed by atoms with van der Waals surface area (Å²) in [5.41, 5.74) is 5.77. The van der Waals surface area contributed by atoms with Crippen LogP contribution in [0.2, 0.25) is 25.7 Å². The number of aliphatic hydroxyl groups excluding tert-OH is 1. The van der Waals surface area contributed by atoms with Gasteiger partial charge in [-0.25, -0.2) is 9.78 Å². The topological polar surface area (TPSA) is 89.3 Å². The molecular formula is C42H58N4O5Si. The van der Waals surface area contributed by atoms with E-state index in [0.29, 0.717) is 29.8 Å². The van der Waals surface area contributed by atoms with Crippen molar-refractivity contribution in [1.29, 1.82) is 0 Å². The number of benzene rings is 2. The Bertz CT molecular complexity index is 1840. The van der Waals surface area contributed by atoms with E-state index in [1.54, 1.807) is 6.20 Å². The molecule has 0 saturated carbocycles. The molecule has 2 aromatic heterocycles. The average molecular weight is 727 g/mol. The third-order valence-corrected chi connectivity index (χ3v) is 12.0. The molecule has 0 spiro atoms. The molecule has 1 aliphatic heterocycles. The maximum atomic E-state index is 13.4. The second-order valence-corrected chi connectivity index (χ2v) is 22.4. The van der Waals surface area contributed by atoms with Gasteiger partial charge >= 0.3 is 5.97 Å². The van der Waals surface area contributed by atoms with Crippen molar-refractivity contribution in [3.63, 3.8) is 0 Å². The van der Waals surface area contributed by atoms with Gasteiger partial charge in [-0.15, -0.1) is 0 Å². The van der Waals surface area contributed by atoms with Crippen LogP contribution in [0.4, 0.5) is 5.69 Å². The van der Waals surface area contributed by atoms with Crippen molar-refractivity contribution in [2.75, 3.05) is 44.3 Å². The molecule has 4 aromatic rings. The lowest BCUT2D eigenvalue weighted by atomic mass is 9.88. The molecule has 0 radical (unpaired) electrons. The quantitative estimate of drug-likeness (QED) is 0.0671. The van der Waals surface area contributed by atoms with Gasteiger partial charge in [-0.05, 0) is 87.0 Å². The lowest BCUT2D eigenvalue weighted by molar-refractivity contribution is 0.00671. The normalized spacial score (nSPS) is 17.8. The monoisotopic (exact) mass is 726 g/mol. The number of hydrogen-bond donors (Lipinski definition) is 1. The van der Waals surface area contributed by atoms with Gasteiger partial charge in [0.1, 0.15) is 35.0 Å². The smallest absolute Gasteiger partial charge is 0.342 e. The Kier molecular flexibility index (Phi) is 11.8. The highest BCUT2D eigenvalue weighted by Crippen LogP contribution is 2.38. The van der Waals surface area contributed by atoms with Gasteiger partial charge in [0.05, 0.1) is 6.20 Å². The van der Waals surface area contributed by atoms with Crippen LogP contribution in [-0.2, 0) is 22.6 Å². The fraction of sp³-hybridized carbons (Fsp3) is 0.524. The number of carbonyl (C=O) groups excluding carboxylic acids is 1. The van der Waals surface area contributed by atoms with Crippen LogP contribution in [0.3, 0.4) is 0 Å². The van der Waals surface area contributed by atoms with E-state index in [9.17, 15) is 9.90 Å². The zero-order valence-corrected chi connectivity index (χ0v) is 33.3. The van der Waals surface area contributed by atoms with Crippen LogP contribution < -0.4 is 9.64 Å². The Morgan fingerprint density at radius 2 is 1.83 bits per heavy atom. The molecule has 2 atom stereocenters. The fourth-order valence-electron chi connectivity index (χ4n) is 7.43. The van der Waals surface area contributed by atoms with Gasteiger partial charge in [0.15, 0.2) is 0 Å². The van der Waals surface area contributed by atoms with Crippen molar-refractivity contribution in [3.8, 4) is 11.5 Å². The van der Waals surface area contributed by atoms with E-state index < -0.39 is 19.6 Å². The van der Waals surface area contributed by atoms with Crippen molar-refractivity contribution in [1.82, 2.24) is 14.5 Å². The summed E-state index contributed by atoms with van der Waals surface area (Å²) in [7, 11) is -1.16. The van der Waals surface area contributed by atoms with Crippen LogP contribution in [0, 0.1) is 0 Å². The van der Waals surface area contributed by atoms with E-state index in [4.69, 9.17) is 19.2 Å². The molecule has 0 bridgehead atoms. The summed E-state index contributed by atoms with van der Waals surface area (Å²) in [5, 5.41) is 10.9. The number of aromatic nitrogens is 2. The van der Waals surface area contributed by atoms with Gasteiger partial charge in [0, 0.05) is 82.8 Å². The highest BCUT2D eigenvalue weighted by molar-refractivity contribution is 6.76. The molecule has 2 unspecified atom stereocenters. The largest absolute Gasteiger partial charge is 0.456 e. The Labute approximate surface area is 310 Å². The number of anilines is 1. The van der Waals surface area contributed by atoms with Crippen LogP contribution in [0.25, 0.3) is 11.0 Å². The molecule has 1 saturated heterocycles. The minimum absolute atomic E-state index is 0.147. The predicted molar refractivity (Wildman–Crippen MR) is 212 cm³/mol. The maximum Gasteiger partial charge on any atom is 0.342 e. The molecule has 280 valence electrons. The minimum atomic E-state index is -1.16. The SMILES string of the molecule is CC(CO)c1cccc2c1CCCCC2N1CCN(c2ccc(C(=O)OC(C)(C)C)c(Oc3cnc4c(ccn4COCC[Si](C)(C)C)c3)c2)CC1. The van der Waals surface area contributed by atoms with Gasteiger partial charge < -0.3 is 28.8 Å². The van der Waals surface area contributed by atoms with Crippen LogP contribution >= 0.6 is 0 Å². The molecule has 3 heterocycles. The van der Waals surface area contributed by atoms with Crippen molar-refractivity contribution in [3.05, 3.63) is 83.2 Å². The number of carbonyl (C=O) groups is 1. The van der Waals surface area contributed by atoms with Crippen LogP contribution in [0.1, 0.15) is 86.0 Å². The number of pyridine rings is 1. The zero-order chi connectivity index (χ0) is 37.0. The second kappa shape index (κ2) is 16.1. The summed E-state index contributed by atoms with van der Waals surface area (Å²) >= 11 is 0. The highest BCUT2D eigenvalue weighted by atomic mass is 28.3. The number of piperazine rings is 1. The first kappa shape index (κ1) is 38.0. The van der Waals surface area contributed by atoms with Gasteiger partial charge in [-0.3, -0.25) is 4.90 Å². The van der Waals surface area contributed by atoms with Gasteiger partial charge in [0.2, 0.25) is 0 Å². The molecule has 9 nitrogen and oxygen atoms in total. The lowest BCUT2D eigenvalue weighted by Gasteiger charge is -2.41. The molecule has 2 aromatic carbocycles. The van der Waals surface area contributed by atoms with Gasteiger partial charge in [0.25, 0.3) is 0 Å². The summed E-state index contributed by atoms with van der Waals surface area (Å²) in [6.45, 7) is 19.8. The molecule has 2 aliphatic rings. The Balaban J connectivity index is 1.19. The van der Waals surface area contributed by atoms with Crippen molar-refractivity contribution < 1.29 is 24.1 Å². The molecule has 0 amide bonds. The fourth-order valence-corrected chi connectivity index (χ4v) is 8.19. The number of rotatable bonds is 12. The molecule has 10 heteroatoms. The summed E-state index contributed by atoms with van der Waals surface area (Å²) in [5.74, 6) is 0.733. The van der Waals surface area contributed by atoms with E-state index in [0.717, 1.165) is 68.4 Å². The second-order valence-electron chi connectivity index (χ2n) is 16.8.